The molecule has 1 N–H and O–H groups in total. The van der Waals surface area contributed by atoms with Crippen molar-refractivity contribution in [2.24, 2.45) is 0 Å². The first kappa shape index (κ1) is 18.1. The maximum atomic E-state index is 12.9. The zero-order valence-corrected chi connectivity index (χ0v) is 16.1. The number of rotatable bonds is 5. The third kappa shape index (κ3) is 3.70. The lowest BCUT2D eigenvalue weighted by atomic mass is 9.98. The van der Waals surface area contributed by atoms with Gasteiger partial charge in [0.25, 0.3) is 0 Å². The Morgan fingerprint density at radius 2 is 1.46 bits per heavy atom. The number of amides is 1. The number of carbonyl (C=O) groups is 1. The Labute approximate surface area is 165 Å². The van der Waals surface area contributed by atoms with Gasteiger partial charge >= 0.3 is 0 Å². The van der Waals surface area contributed by atoms with Gasteiger partial charge in [-0.05, 0) is 48.2 Å². The lowest BCUT2D eigenvalue weighted by Gasteiger charge is -2.20. The Balaban J connectivity index is 1.60. The Bertz CT molecular complexity index is 1060. The van der Waals surface area contributed by atoms with Crippen LogP contribution in [0.15, 0.2) is 83.5 Å². The molecule has 0 spiro atoms. The minimum absolute atomic E-state index is 0.0290. The van der Waals surface area contributed by atoms with Gasteiger partial charge < -0.3 is 9.73 Å². The first-order chi connectivity index (χ1) is 13.6. The Morgan fingerprint density at radius 1 is 0.893 bits per heavy atom. The number of fused-ring (bicyclic) bond motifs is 1. The quantitative estimate of drug-likeness (QED) is 0.505. The van der Waals surface area contributed by atoms with Crippen molar-refractivity contribution in [3.63, 3.8) is 0 Å². The van der Waals surface area contributed by atoms with E-state index in [1.165, 1.54) is 11.1 Å². The summed E-state index contributed by atoms with van der Waals surface area (Å²) < 4.78 is 5.68. The average Bonchev–Trinajstić information content (AvgIpc) is 3.09. The van der Waals surface area contributed by atoms with Gasteiger partial charge in [-0.2, -0.15) is 0 Å². The highest BCUT2D eigenvalue weighted by Gasteiger charge is 2.18. The van der Waals surface area contributed by atoms with Crippen molar-refractivity contribution < 1.29 is 9.21 Å². The summed E-state index contributed by atoms with van der Waals surface area (Å²) in [5.74, 6) is -0.0290. The Morgan fingerprint density at radius 3 is 2.07 bits per heavy atom. The van der Waals surface area contributed by atoms with Gasteiger partial charge in [-0.25, -0.2) is 0 Å². The number of aryl methyl sites for hydroxylation is 2. The molecule has 0 aliphatic carbocycles. The van der Waals surface area contributed by atoms with Gasteiger partial charge in [0.15, 0.2) is 0 Å². The zero-order valence-electron chi connectivity index (χ0n) is 16.1. The van der Waals surface area contributed by atoms with Gasteiger partial charge in [0.2, 0.25) is 5.91 Å². The molecule has 0 saturated heterocycles. The summed E-state index contributed by atoms with van der Waals surface area (Å²) in [7, 11) is 0. The first-order valence-corrected chi connectivity index (χ1v) is 9.48. The molecule has 3 heteroatoms. The number of hydrogen-bond donors (Lipinski definition) is 1. The molecule has 1 aromatic heterocycles. The fraction of sp³-hybridized carbons (Fsp3) is 0.160. The number of carbonyl (C=O) groups excluding carboxylic acids is 1. The van der Waals surface area contributed by atoms with Gasteiger partial charge in [0.1, 0.15) is 5.58 Å². The molecule has 3 aromatic carbocycles. The molecule has 4 aromatic rings. The van der Waals surface area contributed by atoms with Crippen molar-refractivity contribution in [3.8, 4) is 0 Å². The second kappa shape index (κ2) is 7.73. The standard InChI is InChI=1S/C25H23NO2/c1-17-13-22-21(16-28-23(22)14-18(17)2)15-24(27)26-25(19-9-5-3-6-10-19)20-11-7-4-8-12-20/h3-14,16,25H,15H2,1-2H3,(H,26,27). The summed E-state index contributed by atoms with van der Waals surface area (Å²) in [5.41, 5.74) is 6.24. The van der Waals surface area contributed by atoms with E-state index < -0.39 is 0 Å². The van der Waals surface area contributed by atoms with E-state index in [-0.39, 0.29) is 18.4 Å². The van der Waals surface area contributed by atoms with Crippen LogP contribution in [0.4, 0.5) is 0 Å². The predicted molar refractivity (Wildman–Crippen MR) is 112 cm³/mol. The molecule has 0 bridgehead atoms. The van der Waals surface area contributed by atoms with Crippen LogP contribution in [0.3, 0.4) is 0 Å². The third-order valence-electron chi connectivity index (χ3n) is 5.19. The van der Waals surface area contributed by atoms with E-state index in [1.54, 1.807) is 6.26 Å². The SMILES string of the molecule is Cc1cc2occ(CC(=O)NC(c3ccccc3)c3ccccc3)c2cc1C. The van der Waals surface area contributed by atoms with Crippen LogP contribution in [0.1, 0.15) is 33.9 Å². The molecule has 0 aliphatic rings. The molecule has 1 amide bonds. The molecule has 3 nitrogen and oxygen atoms in total. The molecular formula is C25H23NO2. The summed E-state index contributed by atoms with van der Waals surface area (Å²) in [6.07, 6.45) is 1.98. The monoisotopic (exact) mass is 369 g/mol. The smallest absolute Gasteiger partial charge is 0.225 e. The maximum Gasteiger partial charge on any atom is 0.225 e. The fourth-order valence-corrected chi connectivity index (χ4v) is 3.51. The van der Waals surface area contributed by atoms with E-state index in [4.69, 9.17) is 4.42 Å². The van der Waals surface area contributed by atoms with Crippen LogP contribution in [0.5, 0.6) is 0 Å². The molecule has 1 heterocycles. The van der Waals surface area contributed by atoms with Crippen LogP contribution in [-0.4, -0.2) is 5.91 Å². The average molecular weight is 369 g/mol. The van der Waals surface area contributed by atoms with Crippen LogP contribution in [0.25, 0.3) is 11.0 Å². The topological polar surface area (TPSA) is 42.2 Å². The second-order valence-corrected chi connectivity index (χ2v) is 7.19. The number of hydrogen-bond acceptors (Lipinski definition) is 2. The van der Waals surface area contributed by atoms with Gasteiger partial charge in [-0.1, -0.05) is 60.7 Å². The molecule has 0 unspecified atom stereocenters. The van der Waals surface area contributed by atoms with Gasteiger partial charge in [0, 0.05) is 10.9 Å². The molecule has 0 aliphatic heterocycles. The summed E-state index contributed by atoms with van der Waals surface area (Å²) in [6, 6.07) is 24.0. The van der Waals surface area contributed by atoms with Crippen LogP contribution >= 0.6 is 0 Å². The summed E-state index contributed by atoms with van der Waals surface area (Å²) in [6.45, 7) is 4.14. The molecule has 140 valence electrons. The van der Waals surface area contributed by atoms with Gasteiger partial charge in [0.05, 0.1) is 18.7 Å². The lowest BCUT2D eigenvalue weighted by Crippen LogP contribution is -2.30. The van der Waals surface area contributed by atoms with E-state index in [9.17, 15) is 4.79 Å². The second-order valence-electron chi connectivity index (χ2n) is 7.19. The zero-order chi connectivity index (χ0) is 19.5. The molecule has 28 heavy (non-hydrogen) atoms. The predicted octanol–water partition coefficient (Wildman–Crippen LogP) is 5.50. The highest BCUT2D eigenvalue weighted by atomic mass is 16.3. The van der Waals surface area contributed by atoms with Crippen LogP contribution in [0.2, 0.25) is 0 Å². The van der Waals surface area contributed by atoms with Crippen LogP contribution in [-0.2, 0) is 11.2 Å². The number of benzene rings is 3. The molecule has 0 atom stereocenters. The highest BCUT2D eigenvalue weighted by Crippen LogP contribution is 2.26. The number of nitrogens with one attached hydrogen (secondary N) is 1. The van der Waals surface area contributed by atoms with Crippen molar-refractivity contribution >= 4 is 16.9 Å². The molecule has 0 fully saturated rings. The van der Waals surface area contributed by atoms with Crippen molar-refractivity contribution in [1.29, 1.82) is 0 Å². The van der Waals surface area contributed by atoms with E-state index in [1.807, 2.05) is 66.7 Å². The third-order valence-corrected chi connectivity index (χ3v) is 5.19. The molecule has 4 rings (SSSR count). The van der Waals surface area contributed by atoms with Crippen molar-refractivity contribution in [2.75, 3.05) is 0 Å². The molecule has 0 saturated carbocycles. The van der Waals surface area contributed by atoms with E-state index >= 15 is 0 Å². The Hall–Kier alpha value is -3.33. The normalized spacial score (nSPS) is 11.1. The van der Waals surface area contributed by atoms with E-state index in [2.05, 4.69) is 25.2 Å². The fourth-order valence-electron chi connectivity index (χ4n) is 3.51. The van der Waals surface area contributed by atoms with E-state index in [0.29, 0.717) is 0 Å². The Kier molecular flexibility index (Phi) is 4.98. The molecular weight excluding hydrogens is 346 g/mol. The minimum atomic E-state index is -0.183. The largest absolute Gasteiger partial charge is 0.464 e. The maximum absolute atomic E-state index is 12.9. The van der Waals surface area contributed by atoms with Crippen molar-refractivity contribution in [2.45, 2.75) is 26.3 Å². The summed E-state index contributed by atoms with van der Waals surface area (Å²) >= 11 is 0. The van der Waals surface area contributed by atoms with E-state index in [0.717, 1.165) is 27.7 Å². The summed E-state index contributed by atoms with van der Waals surface area (Å²) in [4.78, 5) is 12.9. The van der Waals surface area contributed by atoms with Gasteiger partial charge in [-0.3, -0.25) is 4.79 Å². The molecule has 0 radical (unpaired) electrons. The van der Waals surface area contributed by atoms with Gasteiger partial charge in [-0.15, -0.1) is 0 Å². The van der Waals surface area contributed by atoms with Crippen LogP contribution < -0.4 is 5.32 Å². The van der Waals surface area contributed by atoms with Crippen molar-refractivity contribution in [1.82, 2.24) is 5.32 Å². The summed E-state index contributed by atoms with van der Waals surface area (Å²) in [5, 5.41) is 4.21. The van der Waals surface area contributed by atoms with Crippen molar-refractivity contribution in [3.05, 3.63) is 107 Å². The lowest BCUT2D eigenvalue weighted by molar-refractivity contribution is -0.120. The number of furan rings is 1. The first-order valence-electron chi connectivity index (χ1n) is 9.48. The minimum Gasteiger partial charge on any atom is -0.464 e. The highest BCUT2D eigenvalue weighted by molar-refractivity contribution is 5.88. The van der Waals surface area contributed by atoms with Crippen LogP contribution in [0, 0.1) is 13.8 Å².